The number of benzene rings is 1. The van der Waals surface area contributed by atoms with Gasteiger partial charge in [-0.25, -0.2) is 4.79 Å². The van der Waals surface area contributed by atoms with Crippen LogP contribution >= 0.6 is 11.5 Å². The fourth-order valence-electron chi connectivity index (χ4n) is 1.71. The molecule has 0 aliphatic rings. The minimum absolute atomic E-state index is 0.259. The zero-order valence-corrected chi connectivity index (χ0v) is 13.3. The Bertz CT molecular complexity index is 652. The summed E-state index contributed by atoms with van der Waals surface area (Å²) in [5, 5.41) is 6.54. The molecule has 7 heteroatoms. The third-order valence-electron chi connectivity index (χ3n) is 2.97. The van der Waals surface area contributed by atoms with Crippen LogP contribution in [0, 0.1) is 6.92 Å². The van der Waals surface area contributed by atoms with E-state index in [4.69, 9.17) is 4.74 Å². The summed E-state index contributed by atoms with van der Waals surface area (Å²) in [6.07, 6.45) is 1.83. The molecule has 6 nitrogen and oxygen atoms in total. The largest absolute Gasteiger partial charge is 0.462 e. The maximum absolute atomic E-state index is 12.0. The fraction of sp³-hybridized carbons (Fsp3) is 0.333. The highest BCUT2D eigenvalue weighted by molar-refractivity contribution is 7.08. The van der Waals surface area contributed by atoms with Gasteiger partial charge in [0, 0.05) is 5.69 Å². The normalized spacial score (nSPS) is 10.3. The van der Waals surface area contributed by atoms with Gasteiger partial charge in [0.05, 0.1) is 17.9 Å². The number of aromatic nitrogens is 2. The van der Waals surface area contributed by atoms with E-state index in [1.807, 2.05) is 6.92 Å². The number of hydrogen-bond acceptors (Lipinski definition) is 6. The SMILES string of the molecule is CCCCOC(=O)c1ccc(NC(=O)c2snnc2C)cc1. The van der Waals surface area contributed by atoms with Crippen LogP contribution in [0.5, 0.6) is 0 Å². The summed E-state index contributed by atoms with van der Waals surface area (Å²) >= 11 is 1.05. The zero-order chi connectivity index (χ0) is 15.9. The van der Waals surface area contributed by atoms with Gasteiger partial charge in [-0.3, -0.25) is 4.79 Å². The topological polar surface area (TPSA) is 81.2 Å². The van der Waals surface area contributed by atoms with E-state index in [9.17, 15) is 9.59 Å². The van der Waals surface area contributed by atoms with Crippen LogP contribution in [0.15, 0.2) is 24.3 Å². The molecule has 0 atom stereocenters. The Morgan fingerprint density at radius 2 is 2.00 bits per heavy atom. The molecule has 0 unspecified atom stereocenters. The lowest BCUT2D eigenvalue weighted by Crippen LogP contribution is -2.12. The van der Waals surface area contributed by atoms with Crippen molar-refractivity contribution in [3.05, 3.63) is 40.4 Å². The van der Waals surface area contributed by atoms with Crippen molar-refractivity contribution in [2.45, 2.75) is 26.7 Å². The number of aryl methyl sites for hydroxylation is 1. The van der Waals surface area contributed by atoms with Crippen molar-refractivity contribution in [3.63, 3.8) is 0 Å². The predicted molar refractivity (Wildman–Crippen MR) is 84.2 cm³/mol. The second-order valence-electron chi connectivity index (χ2n) is 4.71. The number of anilines is 1. The van der Waals surface area contributed by atoms with Gasteiger partial charge in [-0.05, 0) is 49.1 Å². The predicted octanol–water partition coefficient (Wildman–Crippen LogP) is 3.06. The molecule has 1 aromatic carbocycles. The summed E-state index contributed by atoms with van der Waals surface area (Å²) in [6, 6.07) is 6.58. The van der Waals surface area contributed by atoms with Crippen molar-refractivity contribution in [1.82, 2.24) is 9.59 Å². The molecule has 1 aromatic heterocycles. The minimum Gasteiger partial charge on any atom is -0.462 e. The second kappa shape index (κ2) is 7.65. The van der Waals surface area contributed by atoms with Crippen molar-refractivity contribution in [3.8, 4) is 0 Å². The molecular weight excluding hydrogens is 302 g/mol. The highest BCUT2D eigenvalue weighted by atomic mass is 32.1. The molecule has 2 rings (SSSR count). The summed E-state index contributed by atoms with van der Waals surface area (Å²) in [5.74, 6) is -0.611. The van der Waals surface area contributed by atoms with Crippen molar-refractivity contribution < 1.29 is 14.3 Å². The molecule has 0 radical (unpaired) electrons. The molecule has 0 spiro atoms. The highest BCUT2D eigenvalue weighted by Crippen LogP contribution is 2.15. The van der Waals surface area contributed by atoms with E-state index < -0.39 is 0 Å². The number of amides is 1. The van der Waals surface area contributed by atoms with Crippen LogP contribution < -0.4 is 5.32 Å². The van der Waals surface area contributed by atoms with E-state index >= 15 is 0 Å². The van der Waals surface area contributed by atoms with Gasteiger partial charge in [0.25, 0.3) is 5.91 Å². The maximum atomic E-state index is 12.0. The molecule has 0 saturated heterocycles. The third-order valence-corrected chi connectivity index (χ3v) is 3.79. The smallest absolute Gasteiger partial charge is 0.338 e. The van der Waals surface area contributed by atoms with Gasteiger partial charge in [0.1, 0.15) is 4.88 Å². The van der Waals surface area contributed by atoms with Crippen LogP contribution in [0.2, 0.25) is 0 Å². The molecule has 0 aliphatic heterocycles. The lowest BCUT2D eigenvalue weighted by atomic mass is 10.2. The number of nitrogens with zero attached hydrogens (tertiary/aromatic N) is 2. The first-order chi connectivity index (χ1) is 10.6. The first-order valence-corrected chi connectivity index (χ1v) is 7.76. The van der Waals surface area contributed by atoms with E-state index in [1.165, 1.54) is 0 Å². The molecule has 0 fully saturated rings. The van der Waals surface area contributed by atoms with E-state index in [0.717, 1.165) is 24.4 Å². The number of rotatable bonds is 6. The zero-order valence-electron chi connectivity index (χ0n) is 12.5. The minimum atomic E-state index is -0.353. The Morgan fingerprint density at radius 3 is 2.59 bits per heavy atom. The summed E-state index contributed by atoms with van der Waals surface area (Å²) < 4.78 is 8.85. The molecule has 1 amide bonds. The summed E-state index contributed by atoms with van der Waals surface area (Å²) in [7, 11) is 0. The quantitative estimate of drug-likeness (QED) is 0.653. The van der Waals surface area contributed by atoms with E-state index in [1.54, 1.807) is 31.2 Å². The van der Waals surface area contributed by atoms with Gasteiger partial charge >= 0.3 is 5.97 Å². The van der Waals surface area contributed by atoms with E-state index in [-0.39, 0.29) is 11.9 Å². The number of ether oxygens (including phenoxy) is 1. The Balaban J connectivity index is 1.96. The molecule has 0 aliphatic carbocycles. The molecule has 2 aromatic rings. The standard InChI is InChI=1S/C15H17N3O3S/c1-3-4-9-21-15(20)11-5-7-12(8-6-11)16-14(19)13-10(2)17-18-22-13/h5-8H,3-4,9H2,1-2H3,(H,16,19). The average Bonchev–Trinajstić information content (AvgIpc) is 2.94. The molecule has 116 valence electrons. The number of hydrogen-bond donors (Lipinski definition) is 1. The van der Waals surface area contributed by atoms with Crippen LogP contribution in [0.1, 0.15) is 45.5 Å². The lowest BCUT2D eigenvalue weighted by Gasteiger charge is -2.06. The Hall–Kier alpha value is -2.28. The molecule has 1 heterocycles. The average molecular weight is 319 g/mol. The number of esters is 1. The molecule has 1 N–H and O–H groups in total. The van der Waals surface area contributed by atoms with Crippen LogP contribution in [0.25, 0.3) is 0 Å². The molecular formula is C15H17N3O3S. The van der Waals surface area contributed by atoms with Gasteiger partial charge in [-0.15, -0.1) is 5.10 Å². The first-order valence-electron chi connectivity index (χ1n) is 6.99. The van der Waals surface area contributed by atoms with Crippen LogP contribution in [0.3, 0.4) is 0 Å². The molecule has 0 saturated carbocycles. The lowest BCUT2D eigenvalue weighted by molar-refractivity contribution is 0.0499. The van der Waals surface area contributed by atoms with Gasteiger partial charge in [-0.2, -0.15) is 0 Å². The number of carbonyl (C=O) groups is 2. The Morgan fingerprint density at radius 1 is 1.27 bits per heavy atom. The monoisotopic (exact) mass is 319 g/mol. The van der Waals surface area contributed by atoms with Crippen molar-refractivity contribution in [1.29, 1.82) is 0 Å². The molecule has 22 heavy (non-hydrogen) atoms. The van der Waals surface area contributed by atoms with Crippen molar-refractivity contribution >= 4 is 29.1 Å². The van der Waals surface area contributed by atoms with Gasteiger partial charge in [0.15, 0.2) is 0 Å². The van der Waals surface area contributed by atoms with Gasteiger partial charge in [0.2, 0.25) is 0 Å². The van der Waals surface area contributed by atoms with Crippen molar-refractivity contribution in [2.75, 3.05) is 11.9 Å². The van der Waals surface area contributed by atoms with Crippen LogP contribution in [-0.2, 0) is 4.74 Å². The van der Waals surface area contributed by atoms with Crippen LogP contribution in [0.4, 0.5) is 5.69 Å². The van der Waals surface area contributed by atoms with Gasteiger partial charge < -0.3 is 10.1 Å². The molecule has 0 bridgehead atoms. The van der Waals surface area contributed by atoms with Crippen LogP contribution in [-0.4, -0.2) is 28.1 Å². The highest BCUT2D eigenvalue weighted by Gasteiger charge is 2.13. The Kier molecular flexibility index (Phi) is 5.60. The number of carbonyl (C=O) groups excluding carboxylic acids is 2. The maximum Gasteiger partial charge on any atom is 0.338 e. The van der Waals surface area contributed by atoms with E-state index in [0.29, 0.717) is 28.4 Å². The van der Waals surface area contributed by atoms with Crippen molar-refractivity contribution in [2.24, 2.45) is 0 Å². The summed E-state index contributed by atoms with van der Waals surface area (Å²) in [5.41, 5.74) is 1.66. The van der Waals surface area contributed by atoms with Gasteiger partial charge in [-0.1, -0.05) is 17.8 Å². The Labute approximate surface area is 132 Å². The van der Waals surface area contributed by atoms with E-state index in [2.05, 4.69) is 14.9 Å². The number of nitrogens with one attached hydrogen (secondary N) is 1. The first kappa shape index (κ1) is 16.1. The summed E-state index contributed by atoms with van der Waals surface area (Å²) in [4.78, 5) is 24.3. The summed E-state index contributed by atoms with van der Waals surface area (Å²) in [6.45, 7) is 4.19. The fourth-order valence-corrected chi connectivity index (χ4v) is 2.26. The third kappa shape index (κ3) is 4.11. The second-order valence-corrected chi connectivity index (χ2v) is 5.46. The number of unbranched alkanes of at least 4 members (excludes halogenated alkanes) is 1.